The van der Waals surface area contributed by atoms with Crippen LogP contribution in [0.4, 0.5) is 13.2 Å². The lowest BCUT2D eigenvalue weighted by Gasteiger charge is -2.43. The van der Waals surface area contributed by atoms with Gasteiger partial charge in [-0.15, -0.1) is 0 Å². The van der Waals surface area contributed by atoms with Gasteiger partial charge in [-0.25, -0.2) is 18.2 Å². The average molecular weight is 434 g/mol. The monoisotopic (exact) mass is 434 g/mol. The minimum Gasteiger partial charge on any atom is -0.495 e. The van der Waals surface area contributed by atoms with Crippen LogP contribution in [0, 0.1) is 5.82 Å². The Morgan fingerprint density at radius 1 is 1.26 bits per heavy atom. The summed E-state index contributed by atoms with van der Waals surface area (Å²) >= 11 is 0. The number of hydrogen-bond acceptors (Lipinski definition) is 6. The van der Waals surface area contributed by atoms with E-state index in [0.717, 1.165) is 13.0 Å². The minimum atomic E-state index is -2.32. The van der Waals surface area contributed by atoms with Crippen molar-refractivity contribution in [3.63, 3.8) is 0 Å². The maximum absolute atomic E-state index is 16.0. The van der Waals surface area contributed by atoms with Crippen molar-refractivity contribution in [1.82, 2.24) is 4.98 Å². The van der Waals surface area contributed by atoms with E-state index in [0.29, 0.717) is 11.3 Å². The van der Waals surface area contributed by atoms with Gasteiger partial charge in [0.1, 0.15) is 28.6 Å². The fourth-order valence-electron chi connectivity index (χ4n) is 4.24. The molecule has 0 aliphatic carbocycles. The Morgan fingerprint density at radius 2 is 2.00 bits per heavy atom. The minimum absolute atomic E-state index is 0.0759. The highest BCUT2D eigenvalue weighted by atomic mass is 19.2. The lowest BCUT2D eigenvalue weighted by atomic mass is 9.70. The molecule has 1 amide bonds. The number of benzene rings is 1. The molecule has 1 fully saturated rings. The van der Waals surface area contributed by atoms with E-state index < -0.39 is 47.5 Å². The van der Waals surface area contributed by atoms with Crippen molar-refractivity contribution in [2.45, 2.75) is 30.2 Å². The summed E-state index contributed by atoms with van der Waals surface area (Å²) in [6.07, 6.45) is 0.685. The number of methoxy groups -OCH3 is 1. The third-order valence-corrected chi connectivity index (χ3v) is 5.90. The van der Waals surface area contributed by atoms with Crippen LogP contribution in [0.5, 0.6) is 5.75 Å². The highest BCUT2D eigenvalue weighted by Crippen LogP contribution is 2.53. The van der Waals surface area contributed by atoms with E-state index in [1.54, 1.807) is 0 Å². The van der Waals surface area contributed by atoms with E-state index in [4.69, 9.17) is 20.9 Å². The second-order valence-electron chi connectivity index (χ2n) is 8.02. The zero-order valence-electron chi connectivity index (χ0n) is 16.9. The molecule has 7 nitrogen and oxygen atoms in total. The Hall–Kier alpha value is -3.14. The van der Waals surface area contributed by atoms with Gasteiger partial charge in [-0.05, 0) is 30.7 Å². The van der Waals surface area contributed by atoms with Gasteiger partial charge in [0.25, 0.3) is 5.91 Å². The number of ether oxygens (including phenoxy) is 2. The van der Waals surface area contributed by atoms with Crippen LogP contribution in [0.25, 0.3) is 11.1 Å². The number of aliphatic imine (C=N–C) groups is 1. The third-order valence-electron chi connectivity index (χ3n) is 5.90. The lowest BCUT2D eigenvalue weighted by molar-refractivity contribution is 0.0234. The smallest absolute Gasteiger partial charge is 0.267 e. The number of pyridine rings is 1. The number of primary amides is 1. The zero-order valence-corrected chi connectivity index (χ0v) is 16.9. The zero-order chi connectivity index (χ0) is 22.6. The first-order chi connectivity index (χ1) is 14.5. The predicted molar refractivity (Wildman–Crippen MR) is 107 cm³/mol. The molecule has 164 valence electrons. The molecule has 1 saturated heterocycles. The summed E-state index contributed by atoms with van der Waals surface area (Å²) in [6, 6.07) is 5.34. The normalized spacial score (nSPS) is 29.9. The molecule has 31 heavy (non-hydrogen) atoms. The fourth-order valence-corrected chi connectivity index (χ4v) is 4.24. The topological polar surface area (TPSA) is 113 Å². The van der Waals surface area contributed by atoms with Gasteiger partial charge in [0.15, 0.2) is 11.3 Å². The number of amidine groups is 1. The Balaban J connectivity index is 1.95. The number of nitrogens with zero attached hydrogens (tertiary/aromatic N) is 2. The molecule has 0 saturated carbocycles. The molecule has 3 heterocycles. The average Bonchev–Trinajstić information content (AvgIpc) is 3.03. The lowest BCUT2D eigenvalue weighted by Crippen LogP contribution is -2.58. The first kappa shape index (κ1) is 21.1. The molecule has 3 atom stereocenters. The maximum Gasteiger partial charge on any atom is 0.267 e. The number of fused-ring (bicyclic) bond motifs is 1. The van der Waals surface area contributed by atoms with Gasteiger partial charge in [-0.1, -0.05) is 6.07 Å². The largest absolute Gasteiger partial charge is 0.495 e. The quantitative estimate of drug-likeness (QED) is 0.768. The van der Waals surface area contributed by atoms with Crippen LogP contribution in [-0.4, -0.2) is 48.4 Å². The summed E-state index contributed by atoms with van der Waals surface area (Å²) in [5.74, 6) is -1.68. The van der Waals surface area contributed by atoms with Gasteiger partial charge in [0.2, 0.25) is 0 Å². The number of hydrogen-bond donors (Lipinski definition) is 2. The van der Waals surface area contributed by atoms with Crippen molar-refractivity contribution < 1.29 is 27.4 Å². The number of alkyl halides is 2. The van der Waals surface area contributed by atoms with Crippen LogP contribution in [0.15, 0.2) is 35.5 Å². The van der Waals surface area contributed by atoms with Crippen LogP contribution in [0.2, 0.25) is 0 Å². The van der Waals surface area contributed by atoms with Crippen LogP contribution in [0.1, 0.15) is 29.4 Å². The SMILES string of the molecule is COc1cnc(C(N)=O)c(-c2ccc(F)c(C34COCC3(F)C[C@](C)(F)C(N)=N4)c2)c1. The predicted octanol–water partition coefficient (Wildman–Crippen LogP) is 2.42. The molecule has 0 bridgehead atoms. The van der Waals surface area contributed by atoms with Crippen LogP contribution in [-0.2, 0) is 10.3 Å². The van der Waals surface area contributed by atoms with Crippen LogP contribution >= 0.6 is 0 Å². The first-order valence-corrected chi connectivity index (χ1v) is 9.49. The first-order valence-electron chi connectivity index (χ1n) is 9.49. The van der Waals surface area contributed by atoms with Gasteiger partial charge < -0.3 is 20.9 Å². The number of carbonyl (C=O) groups excluding carboxylic acids is 1. The van der Waals surface area contributed by atoms with E-state index in [1.807, 2.05) is 0 Å². The van der Waals surface area contributed by atoms with E-state index in [-0.39, 0.29) is 23.4 Å². The van der Waals surface area contributed by atoms with Crippen LogP contribution < -0.4 is 16.2 Å². The molecule has 4 N–H and O–H groups in total. The second kappa shape index (κ2) is 6.94. The Morgan fingerprint density at radius 3 is 2.68 bits per heavy atom. The van der Waals surface area contributed by atoms with E-state index >= 15 is 8.78 Å². The number of nitrogens with two attached hydrogens (primary N) is 2. The van der Waals surface area contributed by atoms with E-state index in [9.17, 15) is 9.18 Å². The maximum atomic E-state index is 16.0. The molecular weight excluding hydrogens is 413 g/mol. The Labute approximate surface area is 176 Å². The van der Waals surface area contributed by atoms with Crippen molar-refractivity contribution in [2.24, 2.45) is 16.5 Å². The summed E-state index contributed by atoms with van der Waals surface area (Å²) in [5.41, 5.74) is 5.17. The van der Waals surface area contributed by atoms with Gasteiger partial charge in [-0.3, -0.25) is 9.79 Å². The van der Waals surface area contributed by atoms with Crippen molar-refractivity contribution in [3.8, 4) is 16.9 Å². The van der Waals surface area contributed by atoms with Gasteiger partial charge in [-0.2, -0.15) is 0 Å². The van der Waals surface area contributed by atoms with Crippen molar-refractivity contribution in [2.75, 3.05) is 20.3 Å². The molecule has 2 aliphatic heterocycles. The van der Waals surface area contributed by atoms with E-state index in [1.165, 1.54) is 31.5 Å². The van der Waals surface area contributed by atoms with Gasteiger partial charge in [0.05, 0.1) is 26.5 Å². The molecule has 1 aromatic heterocycles. The number of aromatic nitrogens is 1. The van der Waals surface area contributed by atoms with Crippen molar-refractivity contribution >= 4 is 11.7 Å². The van der Waals surface area contributed by atoms with Crippen LogP contribution in [0.3, 0.4) is 0 Å². The molecular formula is C21H21F3N4O3. The molecule has 0 radical (unpaired) electrons. The highest BCUT2D eigenvalue weighted by Gasteiger charge is 2.65. The molecule has 10 heteroatoms. The molecule has 2 aliphatic rings. The molecule has 2 unspecified atom stereocenters. The third kappa shape index (κ3) is 3.13. The van der Waals surface area contributed by atoms with Crippen molar-refractivity contribution in [1.29, 1.82) is 0 Å². The van der Waals surface area contributed by atoms with E-state index in [2.05, 4.69) is 9.98 Å². The molecule has 4 rings (SSSR count). The number of rotatable bonds is 4. The fraction of sp³-hybridized carbons (Fsp3) is 0.381. The number of halogens is 3. The van der Waals surface area contributed by atoms with Gasteiger partial charge >= 0.3 is 0 Å². The van der Waals surface area contributed by atoms with Gasteiger partial charge in [0, 0.05) is 17.5 Å². The Kier molecular flexibility index (Phi) is 4.73. The highest BCUT2D eigenvalue weighted by molar-refractivity contribution is 5.98. The number of carbonyl (C=O) groups is 1. The second-order valence-corrected chi connectivity index (χ2v) is 8.02. The Bertz CT molecular complexity index is 1110. The summed E-state index contributed by atoms with van der Waals surface area (Å²) in [5, 5.41) is 0. The summed E-state index contributed by atoms with van der Waals surface area (Å²) in [7, 11) is 1.42. The molecule has 1 aromatic carbocycles. The number of amides is 1. The molecule has 0 spiro atoms. The summed E-state index contributed by atoms with van der Waals surface area (Å²) < 4.78 is 56.3. The molecule has 2 aromatic rings. The summed E-state index contributed by atoms with van der Waals surface area (Å²) in [6.45, 7) is 0.350. The van der Waals surface area contributed by atoms with Crippen molar-refractivity contribution in [3.05, 3.63) is 47.5 Å². The summed E-state index contributed by atoms with van der Waals surface area (Å²) in [4.78, 5) is 20.0. The standard InChI is InChI=1S/C21H21F3N4O3/c1-19(23)8-20(24)9-31-10-21(20,28-18(19)26)14-5-11(3-4-15(14)22)13-6-12(30-2)7-27-16(13)17(25)29/h3-7H,8-10H2,1-2H3,(H2,25,29)(H2,26,28)/t19-,20?,21?/m0/s1.